The second kappa shape index (κ2) is 6.26. The summed E-state index contributed by atoms with van der Waals surface area (Å²) in [6.45, 7) is 2.02. The Bertz CT molecular complexity index is 548. The summed E-state index contributed by atoms with van der Waals surface area (Å²) >= 11 is 0. The van der Waals surface area contributed by atoms with E-state index in [-0.39, 0.29) is 11.5 Å². The third-order valence-electron chi connectivity index (χ3n) is 4.42. The predicted octanol–water partition coefficient (Wildman–Crippen LogP) is 2.54. The molecule has 0 bridgehead atoms. The quantitative estimate of drug-likeness (QED) is 0.794. The van der Waals surface area contributed by atoms with Crippen LogP contribution in [-0.2, 0) is 4.79 Å². The van der Waals surface area contributed by atoms with Crippen molar-refractivity contribution < 1.29 is 14.7 Å². The van der Waals surface area contributed by atoms with Crippen molar-refractivity contribution in [3.63, 3.8) is 0 Å². The van der Waals surface area contributed by atoms with Crippen LogP contribution in [0.25, 0.3) is 0 Å². The molecule has 1 fully saturated rings. The molecule has 5 nitrogen and oxygen atoms in total. The van der Waals surface area contributed by atoms with Crippen LogP contribution in [0, 0.1) is 12.3 Å². The van der Waals surface area contributed by atoms with Crippen LogP contribution in [0.3, 0.4) is 0 Å². The van der Waals surface area contributed by atoms with Gasteiger partial charge in [-0.25, -0.2) is 4.79 Å². The van der Waals surface area contributed by atoms with Crippen molar-refractivity contribution >= 4 is 17.6 Å². The van der Waals surface area contributed by atoms with E-state index in [0.29, 0.717) is 17.8 Å². The molecule has 0 atom stereocenters. The summed E-state index contributed by atoms with van der Waals surface area (Å²) in [6, 6.07) is 5.09. The van der Waals surface area contributed by atoms with Crippen molar-refractivity contribution in [3.05, 3.63) is 29.3 Å². The van der Waals surface area contributed by atoms with Crippen LogP contribution in [0.5, 0.6) is 0 Å². The van der Waals surface area contributed by atoms with Crippen LogP contribution in [0.4, 0.5) is 5.69 Å². The number of carbonyl (C=O) groups is 2. The molecule has 1 amide bonds. The maximum absolute atomic E-state index is 12.6. The normalized spacial score (nSPS) is 17.2. The molecule has 0 aromatic heterocycles. The van der Waals surface area contributed by atoms with Crippen molar-refractivity contribution in [1.82, 2.24) is 0 Å². The van der Waals surface area contributed by atoms with Gasteiger partial charge in [-0.2, -0.15) is 0 Å². The fraction of sp³-hybridized carbons (Fsp3) is 0.500. The SMILES string of the molecule is Cc1cccc(NC(=O)C2(CN)CCCCC2)c1C(=O)O. The minimum absolute atomic E-state index is 0.147. The predicted molar refractivity (Wildman–Crippen MR) is 81.3 cm³/mol. The van der Waals surface area contributed by atoms with Gasteiger partial charge in [-0.15, -0.1) is 0 Å². The molecule has 5 heteroatoms. The highest BCUT2D eigenvalue weighted by molar-refractivity contribution is 6.03. The fourth-order valence-corrected chi connectivity index (χ4v) is 3.06. The van der Waals surface area contributed by atoms with Crippen LogP contribution in [0.1, 0.15) is 48.0 Å². The number of nitrogens with two attached hydrogens (primary N) is 1. The van der Waals surface area contributed by atoms with E-state index < -0.39 is 11.4 Å². The number of carboxylic acids is 1. The van der Waals surface area contributed by atoms with Gasteiger partial charge >= 0.3 is 5.97 Å². The number of carbonyl (C=O) groups excluding carboxylic acids is 1. The first-order valence-corrected chi connectivity index (χ1v) is 7.34. The maximum Gasteiger partial charge on any atom is 0.338 e. The molecule has 4 N–H and O–H groups in total. The average Bonchev–Trinajstić information content (AvgIpc) is 2.47. The second-order valence-corrected chi connectivity index (χ2v) is 5.80. The van der Waals surface area contributed by atoms with Gasteiger partial charge in [-0.3, -0.25) is 4.79 Å². The lowest BCUT2D eigenvalue weighted by atomic mass is 9.73. The van der Waals surface area contributed by atoms with Crippen LogP contribution in [0.15, 0.2) is 18.2 Å². The molecule has 1 saturated carbocycles. The Morgan fingerprint density at radius 1 is 1.29 bits per heavy atom. The summed E-state index contributed by atoms with van der Waals surface area (Å²) in [4.78, 5) is 24.0. The molecular formula is C16H22N2O3. The van der Waals surface area contributed by atoms with Crippen molar-refractivity contribution in [2.24, 2.45) is 11.1 Å². The third kappa shape index (κ3) is 3.08. The zero-order valence-corrected chi connectivity index (χ0v) is 12.3. The number of rotatable bonds is 4. The number of hydrogen-bond acceptors (Lipinski definition) is 3. The molecule has 0 radical (unpaired) electrons. The summed E-state index contributed by atoms with van der Waals surface area (Å²) in [6.07, 6.45) is 4.64. The van der Waals surface area contributed by atoms with E-state index in [1.807, 2.05) is 0 Å². The first kappa shape index (κ1) is 15.5. The number of aryl methyl sites for hydroxylation is 1. The average molecular weight is 290 g/mol. The number of carboxylic acid groups (broad SMARTS) is 1. The minimum atomic E-state index is -1.03. The van der Waals surface area contributed by atoms with Crippen LogP contribution in [0.2, 0.25) is 0 Å². The Kier molecular flexibility index (Phi) is 4.63. The fourth-order valence-electron chi connectivity index (χ4n) is 3.06. The molecule has 1 aromatic rings. The molecule has 2 rings (SSSR count). The van der Waals surface area contributed by atoms with Crippen molar-refractivity contribution in [2.45, 2.75) is 39.0 Å². The van der Waals surface area contributed by atoms with E-state index >= 15 is 0 Å². The van der Waals surface area contributed by atoms with Gasteiger partial charge in [0.25, 0.3) is 0 Å². The number of anilines is 1. The van der Waals surface area contributed by atoms with Crippen LogP contribution >= 0.6 is 0 Å². The standard InChI is InChI=1S/C16H22N2O3/c1-11-6-5-7-12(13(11)14(19)20)18-15(21)16(10-17)8-3-2-4-9-16/h5-7H,2-4,8-10,17H2,1H3,(H,18,21)(H,19,20). The van der Waals surface area contributed by atoms with Gasteiger partial charge in [0.05, 0.1) is 16.7 Å². The molecule has 0 unspecified atom stereocenters. The summed E-state index contributed by atoms with van der Waals surface area (Å²) in [7, 11) is 0. The largest absolute Gasteiger partial charge is 0.478 e. The molecular weight excluding hydrogens is 268 g/mol. The van der Waals surface area contributed by atoms with Crippen LogP contribution < -0.4 is 11.1 Å². The molecule has 1 aliphatic carbocycles. The molecule has 0 saturated heterocycles. The van der Waals surface area contributed by atoms with E-state index in [2.05, 4.69) is 5.32 Å². The van der Waals surface area contributed by atoms with E-state index in [1.165, 1.54) is 0 Å². The van der Waals surface area contributed by atoms with Gasteiger partial charge in [0.2, 0.25) is 5.91 Å². The highest BCUT2D eigenvalue weighted by Crippen LogP contribution is 2.36. The van der Waals surface area contributed by atoms with E-state index in [9.17, 15) is 14.7 Å². The van der Waals surface area contributed by atoms with Crippen molar-refractivity contribution in [2.75, 3.05) is 11.9 Å². The lowest BCUT2D eigenvalue weighted by Crippen LogP contribution is -2.44. The van der Waals surface area contributed by atoms with E-state index in [0.717, 1.165) is 32.1 Å². The Balaban J connectivity index is 2.27. The van der Waals surface area contributed by atoms with Crippen molar-refractivity contribution in [1.29, 1.82) is 0 Å². The lowest BCUT2D eigenvalue weighted by molar-refractivity contribution is -0.126. The van der Waals surface area contributed by atoms with Crippen LogP contribution in [-0.4, -0.2) is 23.5 Å². The van der Waals surface area contributed by atoms with Gasteiger partial charge in [0.1, 0.15) is 0 Å². The lowest BCUT2D eigenvalue weighted by Gasteiger charge is -2.34. The topological polar surface area (TPSA) is 92.4 Å². The van der Waals surface area contributed by atoms with Crippen molar-refractivity contribution in [3.8, 4) is 0 Å². The highest BCUT2D eigenvalue weighted by Gasteiger charge is 2.38. The summed E-state index contributed by atoms with van der Waals surface area (Å²) < 4.78 is 0. The van der Waals surface area contributed by atoms with Gasteiger partial charge in [-0.05, 0) is 31.4 Å². The molecule has 0 aliphatic heterocycles. The summed E-state index contributed by atoms with van der Waals surface area (Å²) in [5.74, 6) is -1.19. The van der Waals surface area contributed by atoms with Gasteiger partial charge < -0.3 is 16.2 Å². The third-order valence-corrected chi connectivity index (χ3v) is 4.42. The molecule has 1 aliphatic rings. The number of amides is 1. The van der Waals surface area contributed by atoms with Gasteiger partial charge in [0.15, 0.2) is 0 Å². The van der Waals surface area contributed by atoms with E-state index in [4.69, 9.17) is 5.73 Å². The zero-order chi connectivity index (χ0) is 15.5. The molecule has 0 heterocycles. The summed E-state index contributed by atoms with van der Waals surface area (Å²) in [5.41, 5.74) is 6.42. The van der Waals surface area contributed by atoms with E-state index in [1.54, 1.807) is 25.1 Å². The molecule has 1 aromatic carbocycles. The zero-order valence-electron chi connectivity index (χ0n) is 12.3. The van der Waals surface area contributed by atoms with Gasteiger partial charge in [0, 0.05) is 6.54 Å². The Hall–Kier alpha value is -1.88. The smallest absolute Gasteiger partial charge is 0.338 e. The first-order valence-electron chi connectivity index (χ1n) is 7.34. The molecule has 21 heavy (non-hydrogen) atoms. The molecule has 114 valence electrons. The molecule has 0 spiro atoms. The Morgan fingerprint density at radius 3 is 2.52 bits per heavy atom. The summed E-state index contributed by atoms with van der Waals surface area (Å²) in [5, 5.41) is 12.1. The maximum atomic E-state index is 12.6. The first-order chi connectivity index (χ1) is 10.00. The second-order valence-electron chi connectivity index (χ2n) is 5.80. The highest BCUT2D eigenvalue weighted by atomic mass is 16.4. The number of benzene rings is 1. The Labute approximate surface area is 124 Å². The number of hydrogen-bond donors (Lipinski definition) is 3. The number of aromatic carboxylic acids is 1. The van der Waals surface area contributed by atoms with Gasteiger partial charge in [-0.1, -0.05) is 31.4 Å². The number of nitrogens with one attached hydrogen (secondary N) is 1. The Morgan fingerprint density at radius 2 is 1.95 bits per heavy atom. The minimum Gasteiger partial charge on any atom is -0.478 e. The monoisotopic (exact) mass is 290 g/mol.